The van der Waals surface area contributed by atoms with Crippen LogP contribution in [0, 0.1) is 13.8 Å². The molecule has 7 heteroatoms. The van der Waals surface area contributed by atoms with Gasteiger partial charge in [-0.1, -0.05) is 18.7 Å². The van der Waals surface area contributed by atoms with E-state index in [2.05, 4.69) is 9.97 Å². The van der Waals surface area contributed by atoms with E-state index in [0.29, 0.717) is 17.6 Å². The molecule has 0 radical (unpaired) electrons. The van der Waals surface area contributed by atoms with Crippen molar-refractivity contribution < 1.29 is 9.15 Å². The van der Waals surface area contributed by atoms with Gasteiger partial charge in [0.05, 0.1) is 7.11 Å². The van der Waals surface area contributed by atoms with Crippen molar-refractivity contribution in [3.8, 4) is 17.2 Å². The first-order valence-corrected chi connectivity index (χ1v) is 9.33. The summed E-state index contributed by atoms with van der Waals surface area (Å²) < 4.78 is 12.9. The van der Waals surface area contributed by atoms with Gasteiger partial charge in [-0.15, -0.1) is 0 Å². The van der Waals surface area contributed by atoms with Crippen LogP contribution in [-0.4, -0.2) is 27.9 Å². The Morgan fingerprint density at radius 3 is 2.48 bits per heavy atom. The molecule has 2 heterocycles. The Morgan fingerprint density at radius 1 is 1.24 bits per heavy atom. The van der Waals surface area contributed by atoms with Crippen LogP contribution in [0.15, 0.2) is 26.5 Å². The van der Waals surface area contributed by atoms with E-state index in [1.165, 1.54) is 11.8 Å². The lowest BCUT2D eigenvalue weighted by Crippen LogP contribution is -2.23. The molecule has 3 rings (SSSR count). The predicted octanol–water partition coefficient (Wildman–Crippen LogP) is 3.81. The molecule has 0 N–H and O–H groups in total. The van der Waals surface area contributed by atoms with Crippen LogP contribution >= 0.6 is 11.8 Å². The number of aromatic nitrogens is 3. The van der Waals surface area contributed by atoms with E-state index in [4.69, 9.17) is 9.15 Å². The molecule has 0 saturated carbocycles. The summed E-state index contributed by atoms with van der Waals surface area (Å²) in [5.41, 5.74) is 3.17. The van der Waals surface area contributed by atoms with Crippen LogP contribution in [0.5, 0.6) is 5.75 Å². The minimum Gasteiger partial charge on any atom is -0.496 e. The molecule has 0 aliphatic carbocycles. The van der Waals surface area contributed by atoms with Crippen molar-refractivity contribution in [2.75, 3.05) is 13.4 Å². The molecule has 0 amide bonds. The first kappa shape index (κ1) is 17.5. The van der Waals surface area contributed by atoms with Gasteiger partial charge < -0.3 is 9.15 Å². The second kappa shape index (κ2) is 6.92. The van der Waals surface area contributed by atoms with Crippen molar-refractivity contribution in [1.82, 2.24) is 14.5 Å². The van der Waals surface area contributed by atoms with Gasteiger partial charge in [0.1, 0.15) is 5.75 Å². The first-order chi connectivity index (χ1) is 12.0. The molecule has 0 fully saturated rings. The van der Waals surface area contributed by atoms with Crippen LogP contribution in [0.1, 0.15) is 24.5 Å². The summed E-state index contributed by atoms with van der Waals surface area (Å²) in [4.78, 5) is 21.6. The van der Waals surface area contributed by atoms with Crippen LogP contribution in [0.2, 0.25) is 0 Å². The van der Waals surface area contributed by atoms with Crippen molar-refractivity contribution >= 4 is 23.0 Å². The van der Waals surface area contributed by atoms with Crippen molar-refractivity contribution in [2.45, 2.75) is 38.9 Å². The summed E-state index contributed by atoms with van der Waals surface area (Å²) in [7, 11) is 1.65. The van der Waals surface area contributed by atoms with Crippen LogP contribution < -0.4 is 10.3 Å². The summed E-state index contributed by atoms with van der Waals surface area (Å²) in [5.74, 6) is 1.24. The fourth-order valence-electron chi connectivity index (χ4n) is 2.98. The Morgan fingerprint density at radius 2 is 1.92 bits per heavy atom. The number of methoxy groups -OCH3 is 1. The Kier molecular flexibility index (Phi) is 4.85. The highest BCUT2D eigenvalue weighted by Gasteiger charge is 2.18. The topological polar surface area (TPSA) is 70.2 Å². The number of fused-ring (bicyclic) bond motifs is 1. The molecule has 0 aliphatic rings. The molecule has 1 aromatic carbocycles. The molecule has 3 aromatic rings. The van der Waals surface area contributed by atoms with E-state index in [9.17, 15) is 4.79 Å². The van der Waals surface area contributed by atoms with Gasteiger partial charge in [0.15, 0.2) is 10.7 Å². The van der Waals surface area contributed by atoms with E-state index in [-0.39, 0.29) is 16.8 Å². The molecule has 0 bridgehead atoms. The standard InChI is InChI=1S/C18H21N3O3S/c1-6-7-21-17(22)13-16(20-18(21)25-5)24-15(19-13)12-8-10(2)14(23-4)11(3)9-12/h8-9H,6-7H2,1-5H3. The number of hydrogen-bond acceptors (Lipinski definition) is 6. The maximum absolute atomic E-state index is 12.7. The fraction of sp³-hybridized carbons (Fsp3) is 0.389. The maximum atomic E-state index is 12.7. The van der Waals surface area contributed by atoms with Gasteiger partial charge in [-0.05, 0) is 49.8 Å². The first-order valence-electron chi connectivity index (χ1n) is 8.11. The van der Waals surface area contributed by atoms with E-state index in [0.717, 1.165) is 28.9 Å². The number of thioether (sulfide) groups is 1. The molecule has 0 saturated heterocycles. The zero-order valence-electron chi connectivity index (χ0n) is 15.0. The highest BCUT2D eigenvalue weighted by Crippen LogP contribution is 2.30. The molecule has 132 valence electrons. The fourth-order valence-corrected chi connectivity index (χ4v) is 3.55. The molecule has 0 atom stereocenters. The minimum absolute atomic E-state index is 0.159. The van der Waals surface area contributed by atoms with Gasteiger partial charge >= 0.3 is 0 Å². The lowest BCUT2D eigenvalue weighted by molar-refractivity contribution is 0.408. The minimum atomic E-state index is -0.159. The van der Waals surface area contributed by atoms with Crippen molar-refractivity contribution in [1.29, 1.82) is 0 Å². The number of ether oxygens (including phenoxy) is 1. The SMILES string of the molecule is CCCn1c(SC)nc2oc(-c3cc(C)c(OC)c(C)c3)nc2c1=O. The van der Waals surface area contributed by atoms with Crippen molar-refractivity contribution in [2.24, 2.45) is 0 Å². The highest BCUT2D eigenvalue weighted by molar-refractivity contribution is 7.98. The third-order valence-electron chi connectivity index (χ3n) is 4.03. The lowest BCUT2D eigenvalue weighted by atomic mass is 10.1. The van der Waals surface area contributed by atoms with E-state index < -0.39 is 0 Å². The number of oxazole rings is 1. The lowest BCUT2D eigenvalue weighted by Gasteiger charge is -2.09. The van der Waals surface area contributed by atoms with Crippen molar-refractivity contribution in [3.63, 3.8) is 0 Å². The second-order valence-electron chi connectivity index (χ2n) is 5.87. The summed E-state index contributed by atoms with van der Waals surface area (Å²) in [5, 5.41) is 0.643. The van der Waals surface area contributed by atoms with Gasteiger partial charge in [0.2, 0.25) is 5.89 Å². The number of benzene rings is 1. The van der Waals surface area contributed by atoms with Crippen LogP contribution in [0.4, 0.5) is 0 Å². The molecule has 2 aromatic heterocycles. The maximum Gasteiger partial charge on any atom is 0.284 e. The Balaban J connectivity index is 2.20. The van der Waals surface area contributed by atoms with Gasteiger partial charge in [0, 0.05) is 12.1 Å². The smallest absolute Gasteiger partial charge is 0.284 e. The normalized spacial score (nSPS) is 11.2. The van der Waals surface area contributed by atoms with Gasteiger partial charge in [-0.3, -0.25) is 9.36 Å². The Labute approximate surface area is 150 Å². The molecular weight excluding hydrogens is 338 g/mol. The number of hydrogen-bond donors (Lipinski definition) is 0. The number of rotatable bonds is 5. The average Bonchev–Trinajstić information content (AvgIpc) is 3.01. The predicted molar refractivity (Wildman–Crippen MR) is 99.6 cm³/mol. The molecule has 0 aliphatic heterocycles. The number of aryl methyl sites for hydroxylation is 2. The van der Waals surface area contributed by atoms with Crippen LogP contribution in [0.3, 0.4) is 0 Å². The summed E-state index contributed by atoms with van der Waals surface area (Å²) >= 11 is 1.43. The zero-order chi connectivity index (χ0) is 18.1. The third-order valence-corrected chi connectivity index (χ3v) is 4.70. The molecule has 6 nitrogen and oxygen atoms in total. The highest BCUT2D eigenvalue weighted by atomic mass is 32.2. The number of nitrogens with zero attached hydrogens (tertiary/aromatic N) is 3. The van der Waals surface area contributed by atoms with Crippen molar-refractivity contribution in [3.05, 3.63) is 33.6 Å². The summed E-state index contributed by atoms with van der Waals surface area (Å²) in [6.45, 7) is 6.57. The average molecular weight is 359 g/mol. The zero-order valence-corrected chi connectivity index (χ0v) is 15.9. The van der Waals surface area contributed by atoms with Gasteiger partial charge in [0.25, 0.3) is 11.3 Å². The molecule has 0 unspecified atom stereocenters. The largest absolute Gasteiger partial charge is 0.496 e. The molecule has 0 spiro atoms. The quantitative estimate of drug-likeness (QED) is 0.510. The van der Waals surface area contributed by atoms with E-state index >= 15 is 0 Å². The van der Waals surface area contributed by atoms with Gasteiger partial charge in [-0.2, -0.15) is 4.98 Å². The van der Waals surface area contributed by atoms with E-state index in [1.807, 2.05) is 39.2 Å². The monoisotopic (exact) mass is 359 g/mol. The second-order valence-corrected chi connectivity index (χ2v) is 6.64. The third kappa shape index (κ3) is 3.04. The Hall–Kier alpha value is -2.28. The molecule has 25 heavy (non-hydrogen) atoms. The van der Waals surface area contributed by atoms with Gasteiger partial charge in [-0.25, -0.2) is 4.98 Å². The van der Waals surface area contributed by atoms with E-state index in [1.54, 1.807) is 11.7 Å². The molecular formula is C18H21N3O3S. The Bertz CT molecular complexity index is 968. The van der Waals surface area contributed by atoms with Crippen LogP contribution in [0.25, 0.3) is 22.7 Å². The summed E-state index contributed by atoms with van der Waals surface area (Å²) in [6, 6.07) is 3.88. The van der Waals surface area contributed by atoms with Crippen LogP contribution in [-0.2, 0) is 6.54 Å². The summed E-state index contributed by atoms with van der Waals surface area (Å²) in [6.07, 6.45) is 2.75.